The SMILES string of the molecule is Cc1ccc(C)c(NC(=O)c2ccc3c(c2)CCCN3S(C)(=O)=O)c1. The topological polar surface area (TPSA) is 66.5 Å². The van der Waals surface area contributed by atoms with Crippen molar-refractivity contribution >= 4 is 27.3 Å². The number of sulfonamides is 1. The minimum Gasteiger partial charge on any atom is -0.322 e. The lowest BCUT2D eigenvalue weighted by molar-refractivity contribution is 0.102. The van der Waals surface area contributed by atoms with Crippen molar-refractivity contribution in [2.75, 3.05) is 22.4 Å². The van der Waals surface area contributed by atoms with Gasteiger partial charge in [0.05, 0.1) is 11.9 Å². The minimum atomic E-state index is -3.30. The predicted octanol–water partition coefficient (Wildman–Crippen LogP) is 3.27. The van der Waals surface area contributed by atoms with Gasteiger partial charge in [-0.05, 0) is 67.6 Å². The van der Waals surface area contributed by atoms with E-state index in [1.54, 1.807) is 18.2 Å². The number of anilines is 2. The fourth-order valence-corrected chi connectivity index (χ4v) is 4.11. The van der Waals surface area contributed by atoms with Crippen LogP contribution in [0.4, 0.5) is 11.4 Å². The van der Waals surface area contributed by atoms with Gasteiger partial charge in [0.15, 0.2) is 0 Å². The third kappa shape index (κ3) is 3.69. The van der Waals surface area contributed by atoms with Crippen LogP contribution in [0, 0.1) is 13.8 Å². The molecule has 0 unspecified atom stereocenters. The Labute approximate surface area is 148 Å². The number of fused-ring (bicyclic) bond motifs is 1. The van der Waals surface area contributed by atoms with Crippen molar-refractivity contribution in [1.82, 2.24) is 0 Å². The van der Waals surface area contributed by atoms with Crippen LogP contribution >= 0.6 is 0 Å². The molecular weight excluding hydrogens is 336 g/mol. The number of rotatable bonds is 3. The van der Waals surface area contributed by atoms with Crippen LogP contribution in [0.3, 0.4) is 0 Å². The molecule has 1 aliphatic heterocycles. The number of carbonyl (C=O) groups excluding carboxylic acids is 1. The Morgan fingerprint density at radius 1 is 1.12 bits per heavy atom. The van der Waals surface area contributed by atoms with Crippen molar-refractivity contribution < 1.29 is 13.2 Å². The van der Waals surface area contributed by atoms with Crippen molar-refractivity contribution in [1.29, 1.82) is 0 Å². The van der Waals surface area contributed by atoms with Crippen LogP contribution in [0.2, 0.25) is 0 Å². The fourth-order valence-electron chi connectivity index (χ4n) is 3.11. The van der Waals surface area contributed by atoms with Gasteiger partial charge >= 0.3 is 0 Å². The normalized spacial score (nSPS) is 14.1. The second kappa shape index (κ2) is 6.52. The van der Waals surface area contributed by atoms with E-state index in [1.165, 1.54) is 10.6 Å². The van der Waals surface area contributed by atoms with Crippen molar-refractivity contribution in [3.8, 4) is 0 Å². The monoisotopic (exact) mass is 358 g/mol. The Bertz CT molecular complexity index is 936. The first-order valence-electron chi connectivity index (χ1n) is 8.25. The van der Waals surface area contributed by atoms with E-state index in [-0.39, 0.29) is 5.91 Å². The van der Waals surface area contributed by atoms with Gasteiger partial charge in [-0.25, -0.2) is 8.42 Å². The molecule has 132 valence electrons. The summed E-state index contributed by atoms with van der Waals surface area (Å²) >= 11 is 0. The highest BCUT2D eigenvalue weighted by atomic mass is 32.2. The molecule has 3 rings (SSSR count). The lowest BCUT2D eigenvalue weighted by Crippen LogP contribution is -2.34. The first kappa shape index (κ1) is 17.5. The van der Waals surface area contributed by atoms with Crippen LogP contribution in [0.5, 0.6) is 0 Å². The Morgan fingerprint density at radius 2 is 1.88 bits per heavy atom. The van der Waals surface area contributed by atoms with E-state index in [0.717, 1.165) is 35.2 Å². The van der Waals surface area contributed by atoms with Crippen LogP contribution < -0.4 is 9.62 Å². The summed E-state index contributed by atoms with van der Waals surface area (Å²) in [6.07, 6.45) is 2.73. The maximum Gasteiger partial charge on any atom is 0.255 e. The third-order valence-corrected chi connectivity index (χ3v) is 5.64. The summed E-state index contributed by atoms with van der Waals surface area (Å²) in [4.78, 5) is 12.6. The zero-order valence-electron chi connectivity index (χ0n) is 14.7. The van der Waals surface area contributed by atoms with E-state index in [2.05, 4.69) is 5.32 Å². The molecule has 1 heterocycles. The summed E-state index contributed by atoms with van der Waals surface area (Å²) in [5.41, 5.74) is 4.98. The first-order chi connectivity index (χ1) is 11.8. The summed E-state index contributed by atoms with van der Waals surface area (Å²) in [5, 5.41) is 2.94. The Kier molecular flexibility index (Phi) is 4.56. The van der Waals surface area contributed by atoms with Crippen molar-refractivity contribution in [2.45, 2.75) is 26.7 Å². The van der Waals surface area contributed by atoms with E-state index < -0.39 is 10.0 Å². The second-order valence-corrected chi connectivity index (χ2v) is 8.46. The fraction of sp³-hybridized carbons (Fsp3) is 0.316. The van der Waals surface area contributed by atoms with Gasteiger partial charge in [-0.3, -0.25) is 9.10 Å². The molecule has 0 radical (unpaired) electrons. The quantitative estimate of drug-likeness (QED) is 0.916. The molecule has 2 aromatic rings. The molecule has 0 fully saturated rings. The first-order valence-corrected chi connectivity index (χ1v) is 10.1. The average molecular weight is 358 g/mol. The summed E-state index contributed by atoms with van der Waals surface area (Å²) in [6, 6.07) is 11.1. The molecular formula is C19H22N2O3S. The maximum atomic E-state index is 12.6. The van der Waals surface area contributed by atoms with Crippen molar-refractivity contribution in [3.63, 3.8) is 0 Å². The van der Waals surface area contributed by atoms with E-state index in [1.807, 2.05) is 32.0 Å². The molecule has 0 aliphatic carbocycles. The van der Waals surface area contributed by atoms with Gasteiger partial charge in [-0.2, -0.15) is 0 Å². The molecule has 0 saturated carbocycles. The van der Waals surface area contributed by atoms with Crippen molar-refractivity contribution in [3.05, 3.63) is 58.7 Å². The number of amides is 1. The molecule has 2 aromatic carbocycles. The lowest BCUT2D eigenvalue weighted by Gasteiger charge is -2.29. The third-order valence-electron chi connectivity index (χ3n) is 4.46. The van der Waals surface area contributed by atoms with Gasteiger partial charge in [0, 0.05) is 17.8 Å². The summed E-state index contributed by atoms with van der Waals surface area (Å²) in [7, 11) is -3.30. The number of carbonyl (C=O) groups is 1. The molecule has 0 saturated heterocycles. The molecule has 6 heteroatoms. The summed E-state index contributed by atoms with van der Waals surface area (Å²) in [6.45, 7) is 4.42. The van der Waals surface area contributed by atoms with E-state index in [9.17, 15) is 13.2 Å². The zero-order chi connectivity index (χ0) is 18.2. The molecule has 0 atom stereocenters. The van der Waals surface area contributed by atoms with Gasteiger partial charge in [-0.1, -0.05) is 12.1 Å². The van der Waals surface area contributed by atoms with Crippen LogP contribution in [-0.4, -0.2) is 27.1 Å². The Hall–Kier alpha value is -2.34. The second-order valence-electron chi connectivity index (χ2n) is 6.55. The number of aryl methyl sites for hydroxylation is 3. The summed E-state index contributed by atoms with van der Waals surface area (Å²) in [5.74, 6) is -0.187. The largest absolute Gasteiger partial charge is 0.322 e. The average Bonchev–Trinajstić information content (AvgIpc) is 2.56. The molecule has 0 aromatic heterocycles. The minimum absolute atomic E-state index is 0.187. The van der Waals surface area contributed by atoms with Crippen LogP contribution in [0.25, 0.3) is 0 Å². The number of hydrogen-bond acceptors (Lipinski definition) is 3. The molecule has 1 amide bonds. The molecule has 25 heavy (non-hydrogen) atoms. The molecule has 1 N–H and O–H groups in total. The van der Waals surface area contributed by atoms with E-state index in [4.69, 9.17) is 0 Å². The molecule has 0 bridgehead atoms. The van der Waals surface area contributed by atoms with Crippen LogP contribution in [0.15, 0.2) is 36.4 Å². The predicted molar refractivity (Wildman–Crippen MR) is 101 cm³/mol. The lowest BCUT2D eigenvalue weighted by atomic mass is 10.0. The highest BCUT2D eigenvalue weighted by molar-refractivity contribution is 7.92. The van der Waals surface area contributed by atoms with Gasteiger partial charge < -0.3 is 5.32 Å². The van der Waals surface area contributed by atoms with Gasteiger partial charge in [0.25, 0.3) is 5.91 Å². The number of benzene rings is 2. The van der Waals surface area contributed by atoms with E-state index >= 15 is 0 Å². The van der Waals surface area contributed by atoms with Gasteiger partial charge in [-0.15, -0.1) is 0 Å². The number of hydrogen-bond donors (Lipinski definition) is 1. The van der Waals surface area contributed by atoms with Crippen molar-refractivity contribution in [2.24, 2.45) is 0 Å². The summed E-state index contributed by atoms with van der Waals surface area (Å²) < 4.78 is 25.3. The van der Waals surface area contributed by atoms with E-state index in [0.29, 0.717) is 17.8 Å². The zero-order valence-corrected chi connectivity index (χ0v) is 15.5. The van der Waals surface area contributed by atoms with Crippen LogP contribution in [-0.2, 0) is 16.4 Å². The van der Waals surface area contributed by atoms with Gasteiger partial charge in [0.1, 0.15) is 0 Å². The highest BCUT2D eigenvalue weighted by Crippen LogP contribution is 2.30. The van der Waals surface area contributed by atoms with Crippen LogP contribution in [0.1, 0.15) is 33.5 Å². The standard InChI is InChI=1S/C19H22N2O3S/c1-13-6-7-14(2)17(11-13)20-19(22)16-8-9-18-15(12-16)5-4-10-21(18)25(3,23)24/h6-9,11-12H,4-5,10H2,1-3H3,(H,20,22). The van der Waals surface area contributed by atoms with Gasteiger partial charge in [0.2, 0.25) is 10.0 Å². The smallest absolute Gasteiger partial charge is 0.255 e. The molecule has 0 spiro atoms. The Morgan fingerprint density at radius 3 is 2.60 bits per heavy atom. The number of nitrogens with one attached hydrogen (secondary N) is 1. The Balaban J connectivity index is 1.89. The molecule has 5 nitrogen and oxygen atoms in total. The maximum absolute atomic E-state index is 12.6. The highest BCUT2D eigenvalue weighted by Gasteiger charge is 2.24. The molecule has 1 aliphatic rings. The number of nitrogens with zero attached hydrogens (tertiary/aromatic N) is 1.